The van der Waals surface area contributed by atoms with Gasteiger partial charge in [-0.15, -0.1) is 22.7 Å². The monoisotopic (exact) mass is 239 g/mol. The zero-order valence-corrected chi connectivity index (χ0v) is 10.8. The van der Waals surface area contributed by atoms with E-state index in [1.54, 1.807) is 11.3 Å². The standard InChI is InChI=1S/C12H17NS2/c1-3-8(2)6-9(13)11-7-12-10(15-11)4-5-14-12/h4-5,7-9H,3,6,13H2,1-2H3. The van der Waals surface area contributed by atoms with Crippen LogP contribution in [0.3, 0.4) is 0 Å². The molecule has 3 heteroatoms. The lowest BCUT2D eigenvalue weighted by Crippen LogP contribution is -2.12. The zero-order valence-electron chi connectivity index (χ0n) is 9.19. The predicted octanol–water partition coefficient (Wildman–Crippen LogP) is 4.40. The van der Waals surface area contributed by atoms with Gasteiger partial charge in [-0.25, -0.2) is 0 Å². The van der Waals surface area contributed by atoms with Crippen LogP contribution in [0, 0.1) is 5.92 Å². The van der Waals surface area contributed by atoms with Crippen LogP contribution in [0.5, 0.6) is 0 Å². The number of thiophene rings is 2. The van der Waals surface area contributed by atoms with Crippen LogP contribution in [0.25, 0.3) is 9.40 Å². The second kappa shape index (κ2) is 4.64. The maximum atomic E-state index is 6.21. The molecule has 2 N–H and O–H groups in total. The molecule has 2 aromatic heterocycles. The van der Waals surface area contributed by atoms with Crippen LogP contribution < -0.4 is 5.73 Å². The molecule has 0 fully saturated rings. The van der Waals surface area contributed by atoms with Crippen LogP contribution in [0.15, 0.2) is 17.5 Å². The maximum Gasteiger partial charge on any atom is 0.0454 e. The largest absolute Gasteiger partial charge is 0.323 e. The van der Waals surface area contributed by atoms with E-state index < -0.39 is 0 Å². The van der Waals surface area contributed by atoms with Crippen LogP contribution in [0.2, 0.25) is 0 Å². The van der Waals surface area contributed by atoms with Gasteiger partial charge in [-0.3, -0.25) is 0 Å². The third-order valence-corrected chi connectivity index (χ3v) is 5.10. The summed E-state index contributed by atoms with van der Waals surface area (Å²) in [7, 11) is 0. The minimum absolute atomic E-state index is 0.226. The summed E-state index contributed by atoms with van der Waals surface area (Å²) >= 11 is 3.65. The molecular formula is C12H17NS2. The average molecular weight is 239 g/mol. The fourth-order valence-electron chi connectivity index (χ4n) is 1.68. The highest BCUT2D eigenvalue weighted by Gasteiger charge is 2.13. The van der Waals surface area contributed by atoms with Gasteiger partial charge in [0.25, 0.3) is 0 Å². The summed E-state index contributed by atoms with van der Waals surface area (Å²) in [5.41, 5.74) is 6.21. The number of nitrogens with two attached hydrogens (primary N) is 1. The van der Waals surface area contributed by atoms with E-state index in [0.717, 1.165) is 12.3 Å². The molecule has 2 atom stereocenters. The molecule has 0 aliphatic heterocycles. The lowest BCUT2D eigenvalue weighted by atomic mass is 9.99. The Labute approximate surface area is 98.9 Å². The van der Waals surface area contributed by atoms with Crippen LogP contribution in [0.4, 0.5) is 0 Å². The molecule has 15 heavy (non-hydrogen) atoms. The van der Waals surface area contributed by atoms with E-state index >= 15 is 0 Å². The van der Waals surface area contributed by atoms with Gasteiger partial charge in [-0.1, -0.05) is 20.3 Å². The van der Waals surface area contributed by atoms with Crippen molar-refractivity contribution in [1.29, 1.82) is 0 Å². The van der Waals surface area contributed by atoms with Gasteiger partial charge < -0.3 is 5.73 Å². The average Bonchev–Trinajstić information content (AvgIpc) is 2.76. The van der Waals surface area contributed by atoms with Crippen molar-refractivity contribution < 1.29 is 0 Å². The van der Waals surface area contributed by atoms with Gasteiger partial charge in [0.15, 0.2) is 0 Å². The van der Waals surface area contributed by atoms with Gasteiger partial charge in [-0.05, 0) is 29.9 Å². The van der Waals surface area contributed by atoms with Crippen LogP contribution in [0.1, 0.15) is 37.6 Å². The Hall–Kier alpha value is -0.380. The van der Waals surface area contributed by atoms with Gasteiger partial charge >= 0.3 is 0 Å². The van der Waals surface area contributed by atoms with Crippen molar-refractivity contribution in [3.05, 3.63) is 22.4 Å². The van der Waals surface area contributed by atoms with Crippen LogP contribution >= 0.6 is 22.7 Å². The normalized spacial score (nSPS) is 15.7. The first-order chi connectivity index (χ1) is 7.20. The number of rotatable bonds is 4. The van der Waals surface area contributed by atoms with E-state index in [9.17, 15) is 0 Å². The number of hydrogen-bond acceptors (Lipinski definition) is 3. The fraction of sp³-hybridized carbons (Fsp3) is 0.500. The van der Waals surface area contributed by atoms with E-state index in [1.165, 1.54) is 20.7 Å². The summed E-state index contributed by atoms with van der Waals surface area (Å²) in [5.74, 6) is 0.722. The van der Waals surface area contributed by atoms with E-state index in [-0.39, 0.29) is 6.04 Å². The van der Waals surface area contributed by atoms with Crippen LogP contribution in [-0.2, 0) is 0 Å². The Bertz CT molecular complexity index is 401. The molecule has 2 rings (SSSR count). The van der Waals surface area contributed by atoms with E-state index in [4.69, 9.17) is 5.73 Å². The van der Waals surface area contributed by atoms with E-state index in [2.05, 4.69) is 31.4 Å². The molecule has 0 saturated carbocycles. The van der Waals surface area contributed by atoms with Crippen molar-refractivity contribution >= 4 is 32.1 Å². The van der Waals surface area contributed by atoms with Gasteiger partial charge in [0.1, 0.15) is 0 Å². The summed E-state index contributed by atoms with van der Waals surface area (Å²) in [6.45, 7) is 4.50. The van der Waals surface area contributed by atoms with Crippen molar-refractivity contribution in [3.63, 3.8) is 0 Å². The molecule has 82 valence electrons. The minimum atomic E-state index is 0.226. The molecule has 1 nitrogen and oxygen atoms in total. The summed E-state index contributed by atoms with van der Waals surface area (Å²) in [5, 5.41) is 2.14. The van der Waals surface area contributed by atoms with Crippen molar-refractivity contribution in [1.82, 2.24) is 0 Å². The molecule has 2 unspecified atom stereocenters. The summed E-state index contributed by atoms with van der Waals surface area (Å²) < 4.78 is 2.77. The van der Waals surface area contributed by atoms with Crippen molar-refractivity contribution in [3.8, 4) is 0 Å². The Morgan fingerprint density at radius 1 is 1.40 bits per heavy atom. The predicted molar refractivity (Wildman–Crippen MR) is 70.7 cm³/mol. The number of hydrogen-bond donors (Lipinski definition) is 1. The molecule has 0 aliphatic carbocycles. The van der Waals surface area contributed by atoms with Gasteiger partial charge in [0, 0.05) is 20.3 Å². The fourth-order valence-corrected chi connectivity index (χ4v) is 3.82. The first-order valence-corrected chi connectivity index (χ1v) is 7.12. The molecule has 0 amide bonds. The Morgan fingerprint density at radius 2 is 2.20 bits per heavy atom. The molecule has 2 aromatic rings. The Balaban J connectivity index is 2.13. The van der Waals surface area contributed by atoms with Crippen LogP contribution in [-0.4, -0.2) is 0 Å². The van der Waals surface area contributed by atoms with E-state index in [1.807, 2.05) is 11.3 Å². The molecular weight excluding hydrogens is 222 g/mol. The highest BCUT2D eigenvalue weighted by molar-refractivity contribution is 7.26. The summed E-state index contributed by atoms with van der Waals surface area (Å²) in [6, 6.07) is 4.67. The molecule has 0 aliphatic rings. The second-order valence-corrected chi connectivity index (χ2v) is 6.22. The minimum Gasteiger partial charge on any atom is -0.323 e. The molecule has 0 radical (unpaired) electrons. The molecule has 0 bridgehead atoms. The SMILES string of the molecule is CCC(C)CC(N)c1cc2sccc2s1. The quantitative estimate of drug-likeness (QED) is 0.841. The lowest BCUT2D eigenvalue weighted by molar-refractivity contribution is 0.465. The van der Waals surface area contributed by atoms with Crippen molar-refractivity contribution in [2.24, 2.45) is 11.7 Å². The van der Waals surface area contributed by atoms with Gasteiger partial charge in [-0.2, -0.15) is 0 Å². The Kier molecular flexibility index (Phi) is 3.44. The zero-order chi connectivity index (χ0) is 10.8. The smallest absolute Gasteiger partial charge is 0.0454 e. The van der Waals surface area contributed by atoms with Gasteiger partial charge in [0.2, 0.25) is 0 Å². The first kappa shape index (κ1) is 11.1. The molecule has 0 saturated heterocycles. The molecule has 0 aromatic carbocycles. The second-order valence-electron chi connectivity index (χ2n) is 4.15. The highest BCUT2D eigenvalue weighted by atomic mass is 32.1. The lowest BCUT2D eigenvalue weighted by Gasteiger charge is -2.13. The summed E-state index contributed by atoms with van der Waals surface area (Å²) in [6.07, 6.45) is 2.32. The molecule has 0 spiro atoms. The third kappa shape index (κ3) is 2.41. The topological polar surface area (TPSA) is 26.0 Å². The van der Waals surface area contributed by atoms with Crippen molar-refractivity contribution in [2.75, 3.05) is 0 Å². The first-order valence-electron chi connectivity index (χ1n) is 5.43. The van der Waals surface area contributed by atoms with Crippen molar-refractivity contribution in [2.45, 2.75) is 32.7 Å². The molecule has 2 heterocycles. The Morgan fingerprint density at radius 3 is 2.87 bits per heavy atom. The highest BCUT2D eigenvalue weighted by Crippen LogP contribution is 2.34. The summed E-state index contributed by atoms with van der Waals surface area (Å²) in [4.78, 5) is 1.34. The number of fused-ring (bicyclic) bond motifs is 1. The van der Waals surface area contributed by atoms with Gasteiger partial charge in [0.05, 0.1) is 0 Å². The van der Waals surface area contributed by atoms with E-state index in [0.29, 0.717) is 0 Å². The third-order valence-electron chi connectivity index (χ3n) is 2.88. The maximum absolute atomic E-state index is 6.21.